The lowest BCUT2D eigenvalue weighted by Crippen LogP contribution is -2.31. The molecular weight excluding hydrogens is 237 g/mol. The number of amides is 1. The van der Waals surface area contributed by atoms with Gasteiger partial charge >= 0.3 is 11.9 Å². The molecule has 0 atom stereocenters. The second-order valence-electron chi connectivity index (χ2n) is 2.91. The van der Waals surface area contributed by atoms with E-state index in [4.69, 9.17) is 11.6 Å². The van der Waals surface area contributed by atoms with Crippen LogP contribution in [0, 0.1) is 5.82 Å². The standard InChI is InChI=1S/C10H9ClFNO3/c1-16-10(15)9(14)13-5-6-4-7(11)2-3-8(6)12/h2-4H,5H2,1H3,(H,13,14). The largest absolute Gasteiger partial charge is 0.462 e. The minimum absolute atomic E-state index is 0.125. The van der Waals surface area contributed by atoms with Crippen LogP contribution in [0.15, 0.2) is 18.2 Å². The SMILES string of the molecule is COC(=O)C(=O)NCc1cc(Cl)ccc1F. The number of methoxy groups -OCH3 is 1. The zero-order valence-corrected chi connectivity index (χ0v) is 9.18. The van der Waals surface area contributed by atoms with Gasteiger partial charge in [-0.15, -0.1) is 0 Å². The van der Waals surface area contributed by atoms with E-state index >= 15 is 0 Å². The van der Waals surface area contributed by atoms with E-state index < -0.39 is 17.7 Å². The fraction of sp³-hybridized carbons (Fsp3) is 0.200. The first-order chi connectivity index (χ1) is 7.54. The third-order valence-electron chi connectivity index (χ3n) is 1.82. The first-order valence-electron chi connectivity index (χ1n) is 4.34. The Hall–Kier alpha value is -1.62. The summed E-state index contributed by atoms with van der Waals surface area (Å²) >= 11 is 5.65. The summed E-state index contributed by atoms with van der Waals surface area (Å²) < 4.78 is 17.4. The summed E-state index contributed by atoms with van der Waals surface area (Å²) in [6.45, 7) is -0.125. The van der Waals surface area contributed by atoms with Crippen molar-refractivity contribution in [3.8, 4) is 0 Å². The Morgan fingerprint density at radius 2 is 2.19 bits per heavy atom. The molecule has 0 spiro atoms. The fourth-order valence-corrected chi connectivity index (χ4v) is 1.21. The van der Waals surface area contributed by atoms with E-state index in [9.17, 15) is 14.0 Å². The zero-order chi connectivity index (χ0) is 12.1. The van der Waals surface area contributed by atoms with Crippen LogP contribution in [0.2, 0.25) is 5.02 Å². The van der Waals surface area contributed by atoms with Crippen LogP contribution in [-0.4, -0.2) is 19.0 Å². The number of nitrogens with one attached hydrogen (secondary N) is 1. The van der Waals surface area contributed by atoms with Crippen molar-refractivity contribution < 1.29 is 18.7 Å². The number of carbonyl (C=O) groups excluding carboxylic acids is 2. The van der Waals surface area contributed by atoms with Crippen LogP contribution in [0.5, 0.6) is 0 Å². The number of carbonyl (C=O) groups is 2. The Kier molecular flexibility index (Phi) is 4.25. The molecule has 0 unspecified atom stereocenters. The second-order valence-corrected chi connectivity index (χ2v) is 3.35. The number of hydrogen-bond acceptors (Lipinski definition) is 3. The average molecular weight is 246 g/mol. The number of benzene rings is 1. The van der Waals surface area contributed by atoms with E-state index in [-0.39, 0.29) is 12.1 Å². The summed E-state index contributed by atoms with van der Waals surface area (Å²) in [7, 11) is 1.09. The van der Waals surface area contributed by atoms with Gasteiger partial charge in [0.2, 0.25) is 0 Å². The van der Waals surface area contributed by atoms with Crippen LogP contribution in [-0.2, 0) is 20.9 Å². The molecule has 1 N–H and O–H groups in total. The van der Waals surface area contributed by atoms with E-state index in [1.807, 2.05) is 0 Å². The second kappa shape index (κ2) is 5.46. The summed E-state index contributed by atoms with van der Waals surface area (Å²) in [6, 6.07) is 3.94. The Morgan fingerprint density at radius 1 is 1.50 bits per heavy atom. The lowest BCUT2D eigenvalue weighted by molar-refractivity contribution is -0.152. The number of halogens is 2. The van der Waals surface area contributed by atoms with E-state index in [0.717, 1.165) is 7.11 Å². The van der Waals surface area contributed by atoms with Crippen molar-refractivity contribution in [1.29, 1.82) is 0 Å². The molecule has 1 rings (SSSR count). The van der Waals surface area contributed by atoms with Crippen molar-refractivity contribution in [1.82, 2.24) is 5.32 Å². The molecule has 1 amide bonds. The maximum Gasteiger partial charge on any atom is 0.396 e. The highest BCUT2D eigenvalue weighted by Crippen LogP contribution is 2.14. The van der Waals surface area contributed by atoms with E-state index in [0.29, 0.717) is 5.02 Å². The lowest BCUT2D eigenvalue weighted by Gasteiger charge is -2.05. The molecule has 6 heteroatoms. The van der Waals surface area contributed by atoms with Crippen molar-refractivity contribution in [3.63, 3.8) is 0 Å². The third kappa shape index (κ3) is 3.20. The van der Waals surface area contributed by atoms with Crippen molar-refractivity contribution in [2.24, 2.45) is 0 Å². The zero-order valence-electron chi connectivity index (χ0n) is 8.42. The minimum atomic E-state index is -1.03. The molecule has 0 aliphatic rings. The number of ether oxygens (including phenoxy) is 1. The Balaban J connectivity index is 2.64. The van der Waals surface area contributed by atoms with Gasteiger partial charge in [0.1, 0.15) is 5.82 Å². The quantitative estimate of drug-likeness (QED) is 0.631. The number of esters is 1. The molecule has 16 heavy (non-hydrogen) atoms. The summed E-state index contributed by atoms with van der Waals surface area (Å²) in [5.74, 6) is -2.46. The molecule has 0 radical (unpaired) electrons. The monoisotopic (exact) mass is 245 g/mol. The van der Waals surface area contributed by atoms with Crippen molar-refractivity contribution in [3.05, 3.63) is 34.6 Å². The number of rotatable bonds is 2. The minimum Gasteiger partial charge on any atom is -0.462 e. The highest BCUT2D eigenvalue weighted by atomic mass is 35.5. The highest BCUT2D eigenvalue weighted by Gasteiger charge is 2.13. The van der Waals surface area contributed by atoms with Gasteiger partial charge in [-0.3, -0.25) is 4.79 Å². The van der Waals surface area contributed by atoms with Crippen LogP contribution in [0.25, 0.3) is 0 Å². The molecule has 0 saturated carbocycles. The van der Waals surface area contributed by atoms with Gasteiger partial charge in [-0.25, -0.2) is 9.18 Å². The lowest BCUT2D eigenvalue weighted by atomic mass is 10.2. The van der Waals surface area contributed by atoms with Gasteiger partial charge in [-0.2, -0.15) is 0 Å². The van der Waals surface area contributed by atoms with Gasteiger partial charge in [0.25, 0.3) is 0 Å². The van der Waals surface area contributed by atoms with Crippen LogP contribution in [0.4, 0.5) is 4.39 Å². The Morgan fingerprint density at radius 3 is 2.81 bits per heavy atom. The van der Waals surface area contributed by atoms with Crippen LogP contribution in [0.3, 0.4) is 0 Å². The van der Waals surface area contributed by atoms with Crippen molar-refractivity contribution >= 4 is 23.5 Å². The van der Waals surface area contributed by atoms with Gasteiger partial charge in [-0.1, -0.05) is 11.6 Å². The molecule has 1 aromatic carbocycles. The fourth-order valence-electron chi connectivity index (χ4n) is 1.02. The maximum atomic E-state index is 13.2. The summed E-state index contributed by atoms with van der Waals surface area (Å²) in [4.78, 5) is 21.7. The topological polar surface area (TPSA) is 55.4 Å². The van der Waals surface area contributed by atoms with Crippen molar-refractivity contribution in [2.75, 3.05) is 7.11 Å². The number of hydrogen-bond donors (Lipinski definition) is 1. The maximum absolute atomic E-state index is 13.2. The van der Waals surface area contributed by atoms with Crippen molar-refractivity contribution in [2.45, 2.75) is 6.54 Å². The van der Waals surface area contributed by atoms with E-state index in [1.165, 1.54) is 18.2 Å². The van der Waals surface area contributed by atoms with Crippen LogP contribution < -0.4 is 5.32 Å². The summed E-state index contributed by atoms with van der Waals surface area (Å²) in [5.41, 5.74) is 0.199. The van der Waals surface area contributed by atoms with E-state index in [2.05, 4.69) is 10.1 Å². The molecular formula is C10H9ClFNO3. The summed E-state index contributed by atoms with van der Waals surface area (Å²) in [5, 5.41) is 2.56. The highest BCUT2D eigenvalue weighted by molar-refractivity contribution is 6.32. The van der Waals surface area contributed by atoms with Crippen LogP contribution >= 0.6 is 11.6 Å². The molecule has 0 bridgehead atoms. The Bertz CT molecular complexity index is 423. The first-order valence-corrected chi connectivity index (χ1v) is 4.72. The molecule has 0 aromatic heterocycles. The molecule has 0 saturated heterocycles. The summed E-state index contributed by atoms with van der Waals surface area (Å²) in [6.07, 6.45) is 0. The molecule has 86 valence electrons. The molecule has 0 aliphatic heterocycles. The Labute approximate surface area is 96.3 Å². The van der Waals surface area contributed by atoms with Crippen LogP contribution in [0.1, 0.15) is 5.56 Å². The molecule has 1 aromatic rings. The third-order valence-corrected chi connectivity index (χ3v) is 2.05. The predicted molar refractivity (Wildman–Crippen MR) is 55.3 cm³/mol. The molecule has 0 aliphatic carbocycles. The predicted octanol–water partition coefficient (Wildman–Crippen LogP) is 1.27. The van der Waals surface area contributed by atoms with Gasteiger partial charge in [-0.05, 0) is 18.2 Å². The van der Waals surface area contributed by atoms with Gasteiger partial charge in [0.15, 0.2) is 0 Å². The van der Waals surface area contributed by atoms with Gasteiger partial charge < -0.3 is 10.1 Å². The van der Waals surface area contributed by atoms with Gasteiger partial charge in [0, 0.05) is 17.1 Å². The normalized spacial score (nSPS) is 9.69. The van der Waals surface area contributed by atoms with Gasteiger partial charge in [0.05, 0.1) is 7.11 Å². The molecule has 0 fully saturated rings. The smallest absolute Gasteiger partial charge is 0.396 e. The average Bonchev–Trinajstić information content (AvgIpc) is 2.28. The van der Waals surface area contributed by atoms with E-state index in [1.54, 1.807) is 0 Å². The first kappa shape index (κ1) is 12.4. The molecule has 0 heterocycles. The molecule has 4 nitrogen and oxygen atoms in total.